The number of rotatable bonds is 7. The second kappa shape index (κ2) is 7.26. The molecule has 114 valence electrons. The molecule has 0 bridgehead atoms. The number of hydrogen-bond acceptors (Lipinski definition) is 5. The van der Waals surface area contributed by atoms with Gasteiger partial charge in [0.15, 0.2) is 5.78 Å². The number of benzene rings is 1. The minimum Gasteiger partial charge on any atom is -0.321 e. The van der Waals surface area contributed by atoms with Crippen molar-refractivity contribution in [1.29, 1.82) is 0 Å². The Morgan fingerprint density at radius 2 is 2.19 bits per heavy atom. The Balaban J connectivity index is 3.22. The monoisotopic (exact) mass is 313 g/mol. The highest BCUT2D eigenvalue weighted by atomic mass is 31.2. The number of carbonyl (C=O) groups is 1. The summed E-state index contributed by atoms with van der Waals surface area (Å²) in [5, 5.41) is 10.3. The van der Waals surface area contributed by atoms with Crippen molar-refractivity contribution in [2.24, 2.45) is 0 Å². The molecule has 0 aromatic heterocycles. The Morgan fingerprint density at radius 1 is 1.52 bits per heavy atom. The summed E-state index contributed by atoms with van der Waals surface area (Å²) in [6.45, 7) is 2.94. The zero-order valence-corrected chi connectivity index (χ0v) is 12.6. The van der Waals surface area contributed by atoms with Crippen molar-refractivity contribution in [3.63, 3.8) is 0 Å². The van der Waals surface area contributed by atoms with Crippen molar-refractivity contribution in [3.05, 3.63) is 45.3 Å². The van der Waals surface area contributed by atoms with Gasteiger partial charge in [-0.3, -0.25) is 19.5 Å². The first-order chi connectivity index (χ1) is 9.77. The van der Waals surface area contributed by atoms with Crippen molar-refractivity contribution >= 4 is 25.1 Å². The Hall–Kier alpha value is -1.82. The van der Waals surface area contributed by atoms with Crippen LogP contribution in [0.1, 0.15) is 25.8 Å². The standard InChI is InChI=1S/C13H16NO6P/c1-3-7-20-21(18,19)13(10(2)15)9-11-5-4-6-12(8-11)14(16)17/h4-6,8-9H,3,7H2,1-2H3,(H,18,19). The third-order valence-electron chi connectivity index (χ3n) is 2.52. The molecule has 21 heavy (non-hydrogen) atoms. The second-order valence-electron chi connectivity index (χ2n) is 4.29. The average molecular weight is 313 g/mol. The maximum absolute atomic E-state index is 12.0. The van der Waals surface area contributed by atoms with Crippen molar-refractivity contribution in [1.82, 2.24) is 0 Å². The molecule has 0 saturated carbocycles. The first kappa shape index (κ1) is 17.2. The van der Waals surface area contributed by atoms with E-state index in [4.69, 9.17) is 4.52 Å². The first-order valence-corrected chi connectivity index (χ1v) is 7.80. The van der Waals surface area contributed by atoms with Crippen molar-refractivity contribution in [2.45, 2.75) is 20.3 Å². The van der Waals surface area contributed by atoms with E-state index < -0.39 is 23.6 Å². The van der Waals surface area contributed by atoms with Gasteiger partial charge in [-0.05, 0) is 25.0 Å². The molecule has 0 aliphatic heterocycles. The number of nitrogens with zero attached hydrogens (tertiary/aromatic N) is 1. The lowest BCUT2D eigenvalue weighted by molar-refractivity contribution is -0.384. The molecule has 1 rings (SSSR count). The van der Waals surface area contributed by atoms with E-state index in [9.17, 15) is 24.4 Å². The molecule has 0 aliphatic carbocycles. The molecule has 0 saturated heterocycles. The van der Waals surface area contributed by atoms with Crippen LogP contribution in [0.2, 0.25) is 0 Å². The summed E-state index contributed by atoms with van der Waals surface area (Å²) in [6, 6.07) is 5.42. The molecule has 0 fully saturated rings. The van der Waals surface area contributed by atoms with Crippen LogP contribution >= 0.6 is 7.60 Å². The van der Waals surface area contributed by atoms with Gasteiger partial charge in [-0.15, -0.1) is 0 Å². The lowest BCUT2D eigenvalue weighted by atomic mass is 10.2. The number of carbonyl (C=O) groups excluding carboxylic acids is 1. The fraction of sp³-hybridized carbons (Fsp3) is 0.308. The molecule has 8 heteroatoms. The van der Waals surface area contributed by atoms with Gasteiger partial charge in [0.2, 0.25) is 0 Å². The number of ketones is 1. The molecule has 7 nitrogen and oxygen atoms in total. The number of non-ortho nitro benzene ring substituents is 1. The zero-order chi connectivity index (χ0) is 16.0. The normalized spacial score (nSPS) is 14.5. The van der Waals surface area contributed by atoms with E-state index in [1.54, 1.807) is 6.92 Å². The maximum Gasteiger partial charge on any atom is 0.362 e. The zero-order valence-electron chi connectivity index (χ0n) is 11.7. The summed E-state index contributed by atoms with van der Waals surface area (Å²) in [4.78, 5) is 31.5. The largest absolute Gasteiger partial charge is 0.362 e. The quantitative estimate of drug-likeness (QED) is 0.358. The smallest absolute Gasteiger partial charge is 0.321 e. The fourth-order valence-corrected chi connectivity index (χ4v) is 2.83. The lowest BCUT2D eigenvalue weighted by Crippen LogP contribution is -2.02. The van der Waals surface area contributed by atoms with Gasteiger partial charge in [-0.2, -0.15) is 0 Å². The van der Waals surface area contributed by atoms with E-state index in [0.29, 0.717) is 6.42 Å². The van der Waals surface area contributed by atoms with Crippen molar-refractivity contribution in [2.75, 3.05) is 6.61 Å². The molecule has 0 heterocycles. The van der Waals surface area contributed by atoms with Crippen molar-refractivity contribution < 1.29 is 23.7 Å². The summed E-state index contributed by atoms with van der Waals surface area (Å²) in [5.41, 5.74) is 0.109. The van der Waals surface area contributed by atoms with E-state index in [-0.39, 0.29) is 17.9 Å². The number of nitro benzene ring substituents is 1. The van der Waals surface area contributed by atoms with Gasteiger partial charge < -0.3 is 9.42 Å². The van der Waals surface area contributed by atoms with Crippen LogP contribution in [-0.4, -0.2) is 22.2 Å². The molecule has 1 aromatic carbocycles. The lowest BCUT2D eigenvalue weighted by Gasteiger charge is -2.13. The van der Waals surface area contributed by atoms with E-state index >= 15 is 0 Å². The first-order valence-electron chi connectivity index (χ1n) is 6.23. The van der Waals surface area contributed by atoms with Crippen LogP contribution in [0.5, 0.6) is 0 Å². The number of Topliss-reactive ketones (excluding diaryl/α,β-unsaturated/α-hetero) is 1. The van der Waals surface area contributed by atoms with E-state index in [1.807, 2.05) is 0 Å². The highest BCUT2D eigenvalue weighted by molar-refractivity contribution is 7.59. The van der Waals surface area contributed by atoms with Crippen LogP contribution in [-0.2, 0) is 13.9 Å². The summed E-state index contributed by atoms with van der Waals surface area (Å²) >= 11 is 0. The minimum atomic E-state index is -4.24. The Kier molecular flexibility index (Phi) is 5.96. The maximum atomic E-state index is 12.0. The van der Waals surface area contributed by atoms with E-state index in [2.05, 4.69) is 0 Å². The molecular formula is C13H16NO6P. The van der Waals surface area contributed by atoms with Gasteiger partial charge in [0.25, 0.3) is 5.69 Å². The van der Waals surface area contributed by atoms with Crippen LogP contribution in [0.15, 0.2) is 29.6 Å². The average Bonchev–Trinajstić information content (AvgIpc) is 2.42. The molecule has 1 aromatic rings. The highest BCUT2D eigenvalue weighted by Crippen LogP contribution is 2.51. The molecule has 1 N–H and O–H groups in total. The molecule has 1 atom stereocenters. The molecule has 0 aliphatic rings. The minimum absolute atomic E-state index is 0.0351. The third-order valence-corrected chi connectivity index (χ3v) is 4.11. The van der Waals surface area contributed by atoms with E-state index in [1.165, 1.54) is 24.3 Å². The van der Waals surface area contributed by atoms with Gasteiger partial charge in [0.05, 0.1) is 11.5 Å². The summed E-state index contributed by atoms with van der Waals surface area (Å²) in [5.74, 6) is -0.622. The molecule has 1 unspecified atom stereocenters. The van der Waals surface area contributed by atoms with Gasteiger partial charge >= 0.3 is 7.60 Å². The SMILES string of the molecule is CCCOP(=O)(O)C(=Cc1cccc([N+](=O)[O-])c1)C(C)=O. The molecule has 0 radical (unpaired) electrons. The topological polar surface area (TPSA) is 107 Å². The molecule has 0 amide bonds. The number of nitro groups is 1. The summed E-state index contributed by atoms with van der Waals surface area (Å²) < 4.78 is 16.9. The number of allylic oxidation sites excluding steroid dienone is 1. The second-order valence-corrected chi connectivity index (χ2v) is 6.07. The Morgan fingerprint density at radius 3 is 2.71 bits per heavy atom. The van der Waals surface area contributed by atoms with Gasteiger partial charge in [0.1, 0.15) is 5.31 Å². The van der Waals surface area contributed by atoms with Crippen LogP contribution in [0.25, 0.3) is 6.08 Å². The predicted octanol–water partition coefficient (Wildman–Crippen LogP) is 3.14. The van der Waals surface area contributed by atoms with Crippen LogP contribution in [0.3, 0.4) is 0 Å². The van der Waals surface area contributed by atoms with Crippen molar-refractivity contribution in [3.8, 4) is 0 Å². The highest BCUT2D eigenvalue weighted by Gasteiger charge is 2.29. The van der Waals surface area contributed by atoms with Gasteiger partial charge in [0, 0.05) is 12.1 Å². The van der Waals surface area contributed by atoms with Crippen LogP contribution in [0, 0.1) is 10.1 Å². The Bertz CT molecular complexity index is 625. The molecular weight excluding hydrogens is 297 g/mol. The predicted molar refractivity (Wildman–Crippen MR) is 77.8 cm³/mol. The van der Waals surface area contributed by atoms with Gasteiger partial charge in [-0.25, -0.2) is 0 Å². The van der Waals surface area contributed by atoms with E-state index in [0.717, 1.165) is 13.0 Å². The van der Waals surface area contributed by atoms with Gasteiger partial charge in [-0.1, -0.05) is 19.1 Å². The Labute approximate surface area is 121 Å². The van der Waals surface area contributed by atoms with Crippen LogP contribution < -0.4 is 0 Å². The molecule has 0 spiro atoms. The third kappa shape index (κ3) is 4.90. The number of hydrogen-bond donors (Lipinski definition) is 1. The summed E-state index contributed by atoms with van der Waals surface area (Å²) in [6.07, 6.45) is 1.66. The van der Waals surface area contributed by atoms with Crippen LogP contribution in [0.4, 0.5) is 5.69 Å². The summed E-state index contributed by atoms with van der Waals surface area (Å²) in [7, 11) is -4.24. The fourth-order valence-electron chi connectivity index (χ4n) is 1.55.